The van der Waals surface area contributed by atoms with Gasteiger partial charge in [-0.15, -0.1) is 11.3 Å². The first-order chi connectivity index (χ1) is 5.22. The maximum atomic E-state index is 10.2. The SMILES string of the molecule is CC.O=C(O)c1scnc1Cl. The van der Waals surface area contributed by atoms with Crippen LogP contribution in [0.5, 0.6) is 0 Å². The molecular formula is C6H8ClNO2S. The van der Waals surface area contributed by atoms with E-state index in [1.807, 2.05) is 13.8 Å². The first kappa shape index (κ1) is 10.4. The Morgan fingerprint density at radius 2 is 2.27 bits per heavy atom. The molecular weight excluding hydrogens is 186 g/mol. The molecule has 1 N–H and O–H groups in total. The molecule has 0 radical (unpaired) electrons. The van der Waals surface area contributed by atoms with E-state index in [1.165, 1.54) is 5.51 Å². The van der Waals surface area contributed by atoms with Crippen molar-refractivity contribution in [2.45, 2.75) is 13.8 Å². The lowest BCUT2D eigenvalue weighted by atomic mass is 10.6. The van der Waals surface area contributed by atoms with Crippen molar-refractivity contribution in [3.05, 3.63) is 15.5 Å². The van der Waals surface area contributed by atoms with E-state index in [0.29, 0.717) is 0 Å². The van der Waals surface area contributed by atoms with Crippen LogP contribution in [0.2, 0.25) is 5.15 Å². The van der Waals surface area contributed by atoms with Gasteiger partial charge in [-0.3, -0.25) is 0 Å². The van der Waals surface area contributed by atoms with E-state index in [0.717, 1.165) is 11.3 Å². The number of carbonyl (C=O) groups is 1. The quantitative estimate of drug-likeness (QED) is 0.746. The molecule has 0 aliphatic rings. The number of carboxylic acids is 1. The summed E-state index contributed by atoms with van der Waals surface area (Å²) in [5, 5.41) is 8.40. The van der Waals surface area contributed by atoms with Gasteiger partial charge in [-0.1, -0.05) is 25.4 Å². The summed E-state index contributed by atoms with van der Waals surface area (Å²) in [6.45, 7) is 4.00. The van der Waals surface area contributed by atoms with E-state index in [1.54, 1.807) is 0 Å². The standard InChI is InChI=1S/C4H2ClNO2S.C2H6/c5-3-2(4(7)8)9-1-6-3;1-2/h1H,(H,7,8);1-2H3. The molecule has 0 atom stereocenters. The minimum absolute atomic E-state index is 0.0625. The molecule has 1 aromatic rings. The van der Waals surface area contributed by atoms with Gasteiger partial charge in [-0.25, -0.2) is 9.78 Å². The molecule has 3 nitrogen and oxygen atoms in total. The molecule has 62 valence electrons. The van der Waals surface area contributed by atoms with Gasteiger partial charge in [-0.2, -0.15) is 0 Å². The Balaban J connectivity index is 0.000000461. The van der Waals surface area contributed by atoms with Gasteiger partial charge in [0.1, 0.15) is 0 Å². The Bertz CT molecular complexity index is 236. The van der Waals surface area contributed by atoms with Crippen LogP contribution < -0.4 is 0 Å². The van der Waals surface area contributed by atoms with E-state index in [4.69, 9.17) is 16.7 Å². The largest absolute Gasteiger partial charge is 0.477 e. The molecule has 1 heterocycles. The molecule has 0 saturated heterocycles. The third-order valence-electron chi connectivity index (χ3n) is 0.718. The molecule has 0 amide bonds. The van der Waals surface area contributed by atoms with Gasteiger partial charge >= 0.3 is 5.97 Å². The van der Waals surface area contributed by atoms with Gasteiger partial charge in [0.05, 0.1) is 5.51 Å². The van der Waals surface area contributed by atoms with Crippen LogP contribution in [0.15, 0.2) is 5.51 Å². The van der Waals surface area contributed by atoms with Gasteiger partial charge in [-0.05, 0) is 0 Å². The van der Waals surface area contributed by atoms with Crippen molar-refractivity contribution in [2.75, 3.05) is 0 Å². The highest BCUT2D eigenvalue weighted by molar-refractivity contribution is 7.12. The summed E-state index contributed by atoms with van der Waals surface area (Å²) in [5.74, 6) is -1.03. The van der Waals surface area contributed by atoms with Crippen molar-refractivity contribution in [1.82, 2.24) is 4.98 Å². The molecule has 0 saturated carbocycles. The Hall–Kier alpha value is -0.610. The highest BCUT2D eigenvalue weighted by atomic mass is 35.5. The third kappa shape index (κ3) is 2.86. The van der Waals surface area contributed by atoms with Crippen LogP contribution in [-0.2, 0) is 0 Å². The van der Waals surface area contributed by atoms with Gasteiger partial charge in [0.15, 0.2) is 10.0 Å². The van der Waals surface area contributed by atoms with E-state index in [-0.39, 0.29) is 10.0 Å². The lowest BCUT2D eigenvalue weighted by Crippen LogP contribution is -1.91. The van der Waals surface area contributed by atoms with Crippen molar-refractivity contribution in [3.63, 3.8) is 0 Å². The second kappa shape index (κ2) is 5.09. The van der Waals surface area contributed by atoms with Crippen molar-refractivity contribution < 1.29 is 9.90 Å². The summed E-state index contributed by atoms with van der Waals surface area (Å²) >= 11 is 6.37. The molecule has 5 heteroatoms. The minimum atomic E-state index is -1.03. The second-order valence-electron chi connectivity index (χ2n) is 1.28. The number of hydrogen-bond donors (Lipinski definition) is 1. The zero-order chi connectivity index (χ0) is 8.85. The predicted octanol–water partition coefficient (Wildman–Crippen LogP) is 2.52. The Morgan fingerprint density at radius 3 is 2.45 bits per heavy atom. The second-order valence-corrected chi connectivity index (χ2v) is 2.49. The van der Waals surface area contributed by atoms with Gasteiger partial charge in [0.25, 0.3) is 0 Å². The number of hydrogen-bond acceptors (Lipinski definition) is 3. The highest BCUT2D eigenvalue weighted by Crippen LogP contribution is 2.17. The highest BCUT2D eigenvalue weighted by Gasteiger charge is 2.09. The van der Waals surface area contributed by atoms with E-state index >= 15 is 0 Å². The third-order valence-corrected chi connectivity index (χ3v) is 1.93. The van der Waals surface area contributed by atoms with Gasteiger partial charge in [0.2, 0.25) is 0 Å². The molecule has 0 aliphatic carbocycles. The van der Waals surface area contributed by atoms with Crippen LogP contribution in [0, 0.1) is 0 Å². The molecule has 0 aromatic carbocycles. The molecule has 0 unspecified atom stereocenters. The van der Waals surface area contributed by atoms with Crippen LogP contribution >= 0.6 is 22.9 Å². The average Bonchev–Trinajstić information content (AvgIpc) is 2.39. The normalized spacial score (nSPS) is 8.27. The Kier molecular flexibility index (Phi) is 4.81. The molecule has 0 aliphatic heterocycles. The number of aromatic carboxylic acids is 1. The fraction of sp³-hybridized carbons (Fsp3) is 0.333. The maximum Gasteiger partial charge on any atom is 0.349 e. The van der Waals surface area contributed by atoms with Crippen LogP contribution in [-0.4, -0.2) is 16.1 Å². The number of halogens is 1. The average molecular weight is 194 g/mol. The molecule has 0 spiro atoms. The van der Waals surface area contributed by atoms with E-state index in [9.17, 15) is 4.79 Å². The molecule has 1 rings (SSSR count). The topological polar surface area (TPSA) is 50.2 Å². The summed E-state index contributed by atoms with van der Waals surface area (Å²) in [7, 11) is 0. The van der Waals surface area contributed by atoms with Crippen molar-refractivity contribution in [3.8, 4) is 0 Å². The van der Waals surface area contributed by atoms with Gasteiger partial charge in [0, 0.05) is 0 Å². The lowest BCUT2D eigenvalue weighted by Gasteiger charge is -1.82. The van der Waals surface area contributed by atoms with Gasteiger partial charge < -0.3 is 5.11 Å². The van der Waals surface area contributed by atoms with Crippen molar-refractivity contribution in [2.24, 2.45) is 0 Å². The summed E-state index contributed by atoms with van der Waals surface area (Å²) in [5.41, 5.74) is 1.39. The number of aromatic nitrogens is 1. The summed E-state index contributed by atoms with van der Waals surface area (Å²) in [6, 6.07) is 0. The molecule has 11 heavy (non-hydrogen) atoms. The van der Waals surface area contributed by atoms with E-state index in [2.05, 4.69) is 4.98 Å². The zero-order valence-electron chi connectivity index (χ0n) is 6.17. The summed E-state index contributed by atoms with van der Waals surface area (Å²) < 4.78 is 0. The maximum absolute atomic E-state index is 10.2. The van der Waals surface area contributed by atoms with Crippen molar-refractivity contribution in [1.29, 1.82) is 0 Å². The fourth-order valence-corrected chi connectivity index (χ4v) is 1.21. The van der Waals surface area contributed by atoms with E-state index < -0.39 is 5.97 Å². The van der Waals surface area contributed by atoms with Crippen molar-refractivity contribution >= 4 is 28.9 Å². The molecule has 0 fully saturated rings. The van der Waals surface area contributed by atoms with Crippen LogP contribution in [0.3, 0.4) is 0 Å². The smallest absolute Gasteiger partial charge is 0.349 e. The molecule has 1 aromatic heterocycles. The molecule has 0 bridgehead atoms. The Labute approximate surface area is 73.7 Å². The number of carboxylic acid groups (broad SMARTS) is 1. The lowest BCUT2D eigenvalue weighted by molar-refractivity contribution is 0.0702. The number of rotatable bonds is 1. The fourth-order valence-electron chi connectivity index (χ4n) is 0.371. The first-order valence-corrected chi connectivity index (χ1v) is 4.30. The summed E-state index contributed by atoms with van der Waals surface area (Å²) in [6.07, 6.45) is 0. The zero-order valence-corrected chi connectivity index (χ0v) is 7.74. The van der Waals surface area contributed by atoms with Crippen LogP contribution in [0.4, 0.5) is 0 Å². The number of thiazole rings is 1. The Morgan fingerprint density at radius 1 is 1.73 bits per heavy atom. The van der Waals surface area contributed by atoms with Crippen LogP contribution in [0.25, 0.3) is 0 Å². The van der Waals surface area contributed by atoms with Crippen LogP contribution in [0.1, 0.15) is 23.5 Å². The first-order valence-electron chi connectivity index (χ1n) is 3.04. The summed E-state index contributed by atoms with van der Waals surface area (Å²) in [4.78, 5) is 13.8. The predicted molar refractivity (Wildman–Crippen MR) is 45.4 cm³/mol. The minimum Gasteiger partial charge on any atom is -0.477 e. The monoisotopic (exact) mass is 193 g/mol. The number of nitrogens with zero attached hydrogens (tertiary/aromatic N) is 1.